The number of rotatable bonds is 4. The maximum absolute atomic E-state index is 12.5. The Morgan fingerprint density at radius 1 is 1.00 bits per heavy atom. The van der Waals surface area contributed by atoms with E-state index >= 15 is 0 Å². The van der Waals surface area contributed by atoms with Crippen molar-refractivity contribution in [2.24, 2.45) is 0 Å². The van der Waals surface area contributed by atoms with Crippen molar-refractivity contribution in [1.82, 2.24) is 9.78 Å². The van der Waals surface area contributed by atoms with Crippen LogP contribution < -0.4 is 10.9 Å². The number of anilines is 1. The van der Waals surface area contributed by atoms with Crippen LogP contribution in [0.4, 0.5) is 5.69 Å². The summed E-state index contributed by atoms with van der Waals surface area (Å²) in [5.74, 6) is -0.347. The summed E-state index contributed by atoms with van der Waals surface area (Å²) >= 11 is 0. The van der Waals surface area contributed by atoms with E-state index in [1.807, 2.05) is 49.4 Å². The maximum Gasteiger partial charge on any atom is 0.276 e. The summed E-state index contributed by atoms with van der Waals surface area (Å²) in [5.41, 5.74) is 2.31. The Bertz CT molecular complexity index is 917. The van der Waals surface area contributed by atoms with Gasteiger partial charge >= 0.3 is 0 Å². The number of carbonyl (C=O) groups is 1. The van der Waals surface area contributed by atoms with Crippen LogP contribution in [0.3, 0.4) is 0 Å². The molecule has 1 amide bonds. The summed E-state index contributed by atoms with van der Waals surface area (Å²) in [6.45, 7) is 2.03. The van der Waals surface area contributed by atoms with Gasteiger partial charge in [0.15, 0.2) is 0 Å². The van der Waals surface area contributed by atoms with Gasteiger partial charge in [0.05, 0.1) is 5.69 Å². The van der Waals surface area contributed by atoms with Crippen molar-refractivity contribution < 1.29 is 4.79 Å². The standard InChI is InChI=1S/C19H17N3O2/c1-2-14-8-6-7-11-16(14)20-19(24)17-12-13-18(23)22(21-17)15-9-4-3-5-10-15/h3-13H,2H2,1H3,(H,20,24). The van der Waals surface area contributed by atoms with E-state index in [1.54, 1.807) is 12.1 Å². The van der Waals surface area contributed by atoms with Crippen LogP contribution in [0.5, 0.6) is 0 Å². The van der Waals surface area contributed by atoms with E-state index in [1.165, 1.54) is 16.8 Å². The van der Waals surface area contributed by atoms with E-state index in [4.69, 9.17) is 0 Å². The fraction of sp³-hybridized carbons (Fsp3) is 0.105. The number of nitrogens with zero attached hydrogens (tertiary/aromatic N) is 2. The Balaban J connectivity index is 1.93. The van der Waals surface area contributed by atoms with Gasteiger partial charge in [0.2, 0.25) is 0 Å². The van der Waals surface area contributed by atoms with Crippen molar-refractivity contribution in [3.8, 4) is 5.69 Å². The van der Waals surface area contributed by atoms with E-state index in [0.29, 0.717) is 5.69 Å². The number of hydrogen-bond acceptors (Lipinski definition) is 3. The number of para-hydroxylation sites is 2. The summed E-state index contributed by atoms with van der Waals surface area (Å²) in [5, 5.41) is 7.05. The van der Waals surface area contributed by atoms with E-state index < -0.39 is 0 Å². The fourth-order valence-corrected chi connectivity index (χ4v) is 2.42. The SMILES string of the molecule is CCc1ccccc1NC(=O)c1ccc(=O)n(-c2ccccc2)n1. The molecule has 0 aliphatic rings. The molecule has 0 aliphatic heterocycles. The average Bonchev–Trinajstić information content (AvgIpc) is 2.63. The lowest BCUT2D eigenvalue weighted by molar-refractivity contribution is 0.102. The molecule has 1 N–H and O–H groups in total. The molecular formula is C19H17N3O2. The van der Waals surface area contributed by atoms with Crippen LogP contribution >= 0.6 is 0 Å². The second-order valence-corrected chi connectivity index (χ2v) is 5.27. The quantitative estimate of drug-likeness (QED) is 0.804. The summed E-state index contributed by atoms with van der Waals surface area (Å²) in [6, 6.07) is 19.4. The molecule has 0 spiro atoms. The molecule has 5 heteroatoms. The minimum absolute atomic E-state index is 0.185. The molecule has 0 radical (unpaired) electrons. The first-order valence-electron chi connectivity index (χ1n) is 7.74. The minimum Gasteiger partial charge on any atom is -0.320 e. The molecule has 0 unspecified atom stereocenters. The number of carbonyl (C=O) groups excluding carboxylic acids is 1. The summed E-state index contributed by atoms with van der Waals surface area (Å²) in [4.78, 5) is 24.5. The monoisotopic (exact) mass is 319 g/mol. The van der Waals surface area contributed by atoms with Gasteiger partial charge in [0, 0.05) is 11.8 Å². The molecule has 120 valence electrons. The highest BCUT2D eigenvalue weighted by Crippen LogP contribution is 2.16. The third kappa shape index (κ3) is 3.25. The number of benzene rings is 2. The van der Waals surface area contributed by atoms with Crippen molar-refractivity contribution in [2.75, 3.05) is 5.32 Å². The fourth-order valence-electron chi connectivity index (χ4n) is 2.42. The summed E-state index contributed by atoms with van der Waals surface area (Å²) < 4.78 is 1.22. The number of nitrogens with one attached hydrogen (secondary N) is 1. The van der Waals surface area contributed by atoms with Crippen LogP contribution in [0, 0.1) is 0 Å². The predicted octanol–water partition coefficient (Wildman–Crippen LogP) is 3.05. The van der Waals surface area contributed by atoms with Gasteiger partial charge in [-0.25, -0.2) is 0 Å². The number of amides is 1. The Hall–Kier alpha value is -3.21. The Morgan fingerprint density at radius 3 is 2.46 bits per heavy atom. The van der Waals surface area contributed by atoms with Crippen molar-refractivity contribution in [3.05, 3.63) is 88.3 Å². The topological polar surface area (TPSA) is 64.0 Å². The van der Waals surface area contributed by atoms with Crippen LogP contribution in [-0.2, 0) is 6.42 Å². The van der Waals surface area contributed by atoms with Crippen molar-refractivity contribution >= 4 is 11.6 Å². The third-order valence-electron chi connectivity index (χ3n) is 3.68. The zero-order valence-corrected chi connectivity index (χ0v) is 13.3. The molecule has 1 heterocycles. The molecule has 0 aliphatic carbocycles. The Kier molecular flexibility index (Phi) is 4.52. The second kappa shape index (κ2) is 6.91. The first kappa shape index (κ1) is 15.7. The Labute approximate surface area is 139 Å². The summed E-state index contributed by atoms with van der Waals surface area (Å²) in [6.07, 6.45) is 0.813. The van der Waals surface area contributed by atoms with Crippen LogP contribution in [0.1, 0.15) is 23.0 Å². The van der Waals surface area contributed by atoms with Crippen molar-refractivity contribution in [3.63, 3.8) is 0 Å². The molecule has 0 bridgehead atoms. The largest absolute Gasteiger partial charge is 0.320 e. The van der Waals surface area contributed by atoms with E-state index in [-0.39, 0.29) is 17.2 Å². The molecule has 5 nitrogen and oxygen atoms in total. The molecule has 0 saturated carbocycles. The lowest BCUT2D eigenvalue weighted by Gasteiger charge is -2.10. The van der Waals surface area contributed by atoms with Gasteiger partial charge in [0.1, 0.15) is 5.69 Å². The minimum atomic E-state index is -0.347. The predicted molar refractivity (Wildman–Crippen MR) is 93.6 cm³/mol. The molecule has 24 heavy (non-hydrogen) atoms. The highest BCUT2D eigenvalue weighted by atomic mass is 16.2. The first-order valence-corrected chi connectivity index (χ1v) is 7.74. The van der Waals surface area contributed by atoms with Gasteiger partial charge in [-0.15, -0.1) is 0 Å². The van der Waals surface area contributed by atoms with Gasteiger partial charge in [-0.1, -0.05) is 43.3 Å². The van der Waals surface area contributed by atoms with E-state index in [2.05, 4.69) is 10.4 Å². The lowest BCUT2D eigenvalue weighted by atomic mass is 10.1. The van der Waals surface area contributed by atoms with E-state index in [0.717, 1.165) is 17.7 Å². The number of hydrogen-bond donors (Lipinski definition) is 1. The van der Waals surface area contributed by atoms with Gasteiger partial charge in [-0.05, 0) is 36.2 Å². The van der Waals surface area contributed by atoms with Crippen LogP contribution in [0.2, 0.25) is 0 Å². The van der Waals surface area contributed by atoms with Crippen molar-refractivity contribution in [1.29, 1.82) is 0 Å². The van der Waals surface area contributed by atoms with Crippen LogP contribution in [0.15, 0.2) is 71.5 Å². The van der Waals surface area contributed by atoms with Gasteiger partial charge in [0.25, 0.3) is 11.5 Å². The normalized spacial score (nSPS) is 10.4. The molecule has 0 saturated heterocycles. The molecule has 2 aromatic carbocycles. The molecule has 0 fully saturated rings. The average molecular weight is 319 g/mol. The second-order valence-electron chi connectivity index (χ2n) is 5.27. The van der Waals surface area contributed by atoms with E-state index in [9.17, 15) is 9.59 Å². The van der Waals surface area contributed by atoms with Crippen LogP contribution in [0.25, 0.3) is 5.69 Å². The Morgan fingerprint density at radius 2 is 1.71 bits per heavy atom. The molecule has 3 aromatic rings. The third-order valence-corrected chi connectivity index (χ3v) is 3.68. The van der Waals surface area contributed by atoms with Gasteiger partial charge < -0.3 is 5.32 Å². The first-order chi connectivity index (χ1) is 11.7. The van der Waals surface area contributed by atoms with Crippen LogP contribution in [-0.4, -0.2) is 15.7 Å². The number of aromatic nitrogens is 2. The zero-order chi connectivity index (χ0) is 16.9. The highest BCUT2D eigenvalue weighted by Gasteiger charge is 2.12. The van der Waals surface area contributed by atoms with Gasteiger partial charge in [-0.2, -0.15) is 9.78 Å². The highest BCUT2D eigenvalue weighted by molar-refractivity contribution is 6.03. The molecule has 0 atom stereocenters. The molecule has 3 rings (SSSR count). The number of aryl methyl sites for hydroxylation is 1. The maximum atomic E-state index is 12.5. The zero-order valence-electron chi connectivity index (χ0n) is 13.3. The van der Waals surface area contributed by atoms with Gasteiger partial charge in [-0.3, -0.25) is 9.59 Å². The van der Waals surface area contributed by atoms with Crippen molar-refractivity contribution in [2.45, 2.75) is 13.3 Å². The molecule has 1 aromatic heterocycles. The smallest absolute Gasteiger partial charge is 0.276 e. The summed E-state index contributed by atoms with van der Waals surface area (Å²) in [7, 11) is 0. The lowest BCUT2D eigenvalue weighted by Crippen LogP contribution is -2.25. The molecular weight excluding hydrogens is 302 g/mol.